The molecule has 0 amide bonds. The number of nitrogens with two attached hydrogens (primary N) is 1. The van der Waals surface area contributed by atoms with Crippen LogP contribution in [0.15, 0.2) is 36.4 Å². The Balaban J connectivity index is 2.30. The van der Waals surface area contributed by atoms with E-state index in [9.17, 15) is 0 Å². The van der Waals surface area contributed by atoms with Crippen molar-refractivity contribution in [1.82, 2.24) is 4.98 Å². The number of nitrogens with one attached hydrogen (secondary N) is 1. The van der Waals surface area contributed by atoms with Gasteiger partial charge in [0, 0.05) is 5.69 Å². The largest absolute Gasteiger partial charge is 0.492 e. The lowest BCUT2D eigenvalue weighted by molar-refractivity contribution is 0.342. The molecule has 94 valence electrons. The van der Waals surface area contributed by atoms with Crippen LogP contribution in [-0.4, -0.2) is 11.6 Å². The van der Waals surface area contributed by atoms with Crippen LogP contribution in [-0.2, 0) is 0 Å². The zero-order valence-corrected chi connectivity index (χ0v) is 10.6. The van der Waals surface area contributed by atoms with Crippen LogP contribution in [0.3, 0.4) is 0 Å². The second-order valence-corrected chi connectivity index (χ2v) is 3.94. The number of benzene rings is 1. The summed E-state index contributed by atoms with van der Waals surface area (Å²) in [4.78, 5) is 4.38. The number of ether oxygens (including phenoxy) is 1. The van der Waals surface area contributed by atoms with E-state index in [2.05, 4.69) is 10.3 Å². The average Bonchev–Trinajstić information content (AvgIpc) is 2.36. The Bertz CT molecular complexity index is 540. The standard InChI is InChI=1S/C14H17N3O/c1-3-18-13-7-5-4-6-12(13)17-14-11(15)9-8-10(2)16-14/h4-9H,3,15H2,1-2H3,(H,16,17). The Hall–Kier alpha value is -2.23. The van der Waals surface area contributed by atoms with Gasteiger partial charge in [-0.25, -0.2) is 4.98 Å². The Kier molecular flexibility index (Phi) is 3.67. The molecule has 0 fully saturated rings. The number of anilines is 3. The van der Waals surface area contributed by atoms with Gasteiger partial charge in [-0.3, -0.25) is 0 Å². The topological polar surface area (TPSA) is 60.2 Å². The number of rotatable bonds is 4. The number of aromatic nitrogens is 1. The van der Waals surface area contributed by atoms with E-state index in [0.717, 1.165) is 17.1 Å². The van der Waals surface area contributed by atoms with Gasteiger partial charge in [0.1, 0.15) is 5.75 Å². The molecule has 0 aliphatic rings. The van der Waals surface area contributed by atoms with Crippen LogP contribution < -0.4 is 15.8 Å². The highest BCUT2D eigenvalue weighted by molar-refractivity contribution is 5.72. The molecule has 2 rings (SSSR count). The van der Waals surface area contributed by atoms with Gasteiger partial charge in [-0.05, 0) is 38.1 Å². The van der Waals surface area contributed by atoms with Crippen LogP contribution in [0, 0.1) is 6.92 Å². The van der Waals surface area contributed by atoms with E-state index in [1.165, 1.54) is 0 Å². The highest BCUT2D eigenvalue weighted by Gasteiger charge is 2.06. The summed E-state index contributed by atoms with van der Waals surface area (Å²) in [5.74, 6) is 1.45. The number of nitrogen functional groups attached to an aromatic ring is 1. The molecule has 0 saturated heterocycles. The predicted molar refractivity (Wildman–Crippen MR) is 74.3 cm³/mol. The van der Waals surface area contributed by atoms with Crippen molar-refractivity contribution < 1.29 is 4.74 Å². The minimum absolute atomic E-state index is 0.618. The molecule has 0 saturated carbocycles. The Labute approximate surface area is 107 Å². The molecule has 0 unspecified atom stereocenters. The fourth-order valence-corrected chi connectivity index (χ4v) is 1.65. The number of hydrogen-bond donors (Lipinski definition) is 2. The molecule has 3 N–H and O–H groups in total. The summed E-state index contributed by atoms with van der Waals surface area (Å²) in [7, 11) is 0. The van der Waals surface area contributed by atoms with Gasteiger partial charge in [0.2, 0.25) is 0 Å². The Morgan fingerprint density at radius 1 is 1.22 bits per heavy atom. The molecule has 1 aromatic heterocycles. The summed E-state index contributed by atoms with van der Waals surface area (Å²) < 4.78 is 5.55. The van der Waals surface area contributed by atoms with E-state index in [-0.39, 0.29) is 0 Å². The molecule has 0 spiro atoms. The van der Waals surface area contributed by atoms with Gasteiger partial charge >= 0.3 is 0 Å². The first-order valence-electron chi connectivity index (χ1n) is 5.92. The highest BCUT2D eigenvalue weighted by Crippen LogP contribution is 2.28. The van der Waals surface area contributed by atoms with Crippen LogP contribution in [0.4, 0.5) is 17.2 Å². The SMILES string of the molecule is CCOc1ccccc1Nc1nc(C)ccc1N. The van der Waals surface area contributed by atoms with E-state index in [1.807, 2.05) is 50.2 Å². The van der Waals surface area contributed by atoms with Crippen molar-refractivity contribution in [2.45, 2.75) is 13.8 Å². The molecule has 0 bridgehead atoms. The van der Waals surface area contributed by atoms with Crippen LogP contribution in [0.2, 0.25) is 0 Å². The normalized spacial score (nSPS) is 10.1. The summed E-state index contributed by atoms with van der Waals surface area (Å²) in [5.41, 5.74) is 8.30. The molecule has 18 heavy (non-hydrogen) atoms. The molecular formula is C14H17N3O. The maximum atomic E-state index is 5.90. The summed E-state index contributed by atoms with van der Waals surface area (Å²) in [6, 6.07) is 11.5. The molecule has 0 atom stereocenters. The fourth-order valence-electron chi connectivity index (χ4n) is 1.65. The molecule has 0 radical (unpaired) electrons. The van der Waals surface area contributed by atoms with Gasteiger partial charge in [0.15, 0.2) is 5.82 Å². The van der Waals surface area contributed by atoms with Gasteiger partial charge in [-0.1, -0.05) is 12.1 Å². The molecular weight excluding hydrogens is 226 g/mol. The first-order valence-corrected chi connectivity index (χ1v) is 5.92. The van der Waals surface area contributed by atoms with Crippen LogP contribution >= 0.6 is 0 Å². The third kappa shape index (κ3) is 2.71. The lowest BCUT2D eigenvalue weighted by Crippen LogP contribution is -2.02. The third-order valence-corrected chi connectivity index (χ3v) is 2.51. The maximum absolute atomic E-state index is 5.90. The van der Waals surface area contributed by atoms with Crippen molar-refractivity contribution in [1.29, 1.82) is 0 Å². The van der Waals surface area contributed by atoms with Gasteiger partial charge in [0.05, 0.1) is 18.0 Å². The number of pyridine rings is 1. The monoisotopic (exact) mass is 243 g/mol. The smallest absolute Gasteiger partial charge is 0.153 e. The minimum Gasteiger partial charge on any atom is -0.492 e. The summed E-state index contributed by atoms with van der Waals surface area (Å²) >= 11 is 0. The van der Waals surface area contributed by atoms with Crippen LogP contribution in [0.25, 0.3) is 0 Å². The quantitative estimate of drug-likeness (QED) is 0.866. The predicted octanol–water partition coefficient (Wildman–Crippen LogP) is 3.11. The fraction of sp³-hybridized carbons (Fsp3) is 0.214. The molecule has 4 heteroatoms. The summed E-state index contributed by atoms with van der Waals surface area (Å²) in [6.45, 7) is 4.50. The Morgan fingerprint density at radius 2 is 2.00 bits per heavy atom. The molecule has 1 aromatic carbocycles. The van der Waals surface area contributed by atoms with E-state index in [0.29, 0.717) is 18.1 Å². The first kappa shape index (κ1) is 12.2. The van der Waals surface area contributed by atoms with E-state index in [1.54, 1.807) is 0 Å². The number of para-hydroxylation sites is 2. The first-order chi connectivity index (χ1) is 8.70. The lowest BCUT2D eigenvalue weighted by atomic mass is 10.2. The number of nitrogens with zero attached hydrogens (tertiary/aromatic N) is 1. The summed E-state index contributed by atoms with van der Waals surface area (Å²) in [6.07, 6.45) is 0. The van der Waals surface area contributed by atoms with Crippen molar-refractivity contribution in [2.75, 3.05) is 17.7 Å². The van der Waals surface area contributed by atoms with Crippen molar-refractivity contribution >= 4 is 17.2 Å². The van der Waals surface area contributed by atoms with Gasteiger partial charge in [0.25, 0.3) is 0 Å². The third-order valence-electron chi connectivity index (χ3n) is 2.51. The molecule has 4 nitrogen and oxygen atoms in total. The van der Waals surface area contributed by atoms with Gasteiger partial charge in [-0.15, -0.1) is 0 Å². The van der Waals surface area contributed by atoms with Gasteiger partial charge < -0.3 is 15.8 Å². The summed E-state index contributed by atoms with van der Waals surface area (Å²) in [5, 5.41) is 3.21. The Morgan fingerprint density at radius 3 is 2.78 bits per heavy atom. The lowest BCUT2D eigenvalue weighted by Gasteiger charge is -2.13. The second-order valence-electron chi connectivity index (χ2n) is 3.94. The van der Waals surface area contributed by atoms with Gasteiger partial charge in [-0.2, -0.15) is 0 Å². The molecule has 1 heterocycles. The second kappa shape index (κ2) is 5.40. The molecule has 2 aromatic rings. The zero-order valence-electron chi connectivity index (χ0n) is 10.6. The minimum atomic E-state index is 0.618. The highest BCUT2D eigenvalue weighted by atomic mass is 16.5. The van der Waals surface area contributed by atoms with Crippen molar-refractivity contribution in [2.24, 2.45) is 0 Å². The van der Waals surface area contributed by atoms with Crippen LogP contribution in [0.1, 0.15) is 12.6 Å². The van der Waals surface area contributed by atoms with E-state index in [4.69, 9.17) is 10.5 Å². The zero-order chi connectivity index (χ0) is 13.0. The average molecular weight is 243 g/mol. The van der Waals surface area contributed by atoms with Crippen LogP contribution in [0.5, 0.6) is 5.75 Å². The van der Waals surface area contributed by atoms with E-state index >= 15 is 0 Å². The van der Waals surface area contributed by atoms with Crippen molar-refractivity contribution in [3.05, 3.63) is 42.1 Å². The maximum Gasteiger partial charge on any atom is 0.153 e. The van der Waals surface area contributed by atoms with E-state index < -0.39 is 0 Å². The number of hydrogen-bond acceptors (Lipinski definition) is 4. The van der Waals surface area contributed by atoms with Crippen molar-refractivity contribution in [3.63, 3.8) is 0 Å². The molecule has 0 aliphatic heterocycles. The van der Waals surface area contributed by atoms with Crippen molar-refractivity contribution in [3.8, 4) is 5.75 Å². The number of aryl methyl sites for hydroxylation is 1. The molecule has 0 aliphatic carbocycles.